The van der Waals surface area contributed by atoms with Crippen molar-refractivity contribution < 1.29 is 19.1 Å². The van der Waals surface area contributed by atoms with Gasteiger partial charge in [-0.15, -0.1) is 0 Å². The lowest BCUT2D eigenvalue weighted by Crippen LogP contribution is -2.41. The normalized spacial score (nSPS) is 9.87. The van der Waals surface area contributed by atoms with Crippen molar-refractivity contribution in [3.05, 3.63) is 59.2 Å². The van der Waals surface area contributed by atoms with E-state index in [-0.39, 0.29) is 5.91 Å². The Kier molecular flexibility index (Phi) is 5.19. The number of hydrazine groups is 1. The number of hydrogen-bond acceptors (Lipinski definition) is 4. The number of aryl methyl sites for hydroxylation is 1. The quantitative estimate of drug-likeness (QED) is 0.847. The Hall–Kier alpha value is -3.02. The molecule has 2 aromatic carbocycles. The molecule has 2 rings (SSSR count). The molecule has 2 aromatic rings. The summed E-state index contributed by atoms with van der Waals surface area (Å²) in [5.74, 6) is 0.114. The van der Waals surface area contributed by atoms with E-state index in [9.17, 15) is 9.59 Å². The van der Waals surface area contributed by atoms with Gasteiger partial charge in [0, 0.05) is 11.1 Å². The molecule has 0 spiro atoms. The number of ether oxygens (including phenoxy) is 2. The van der Waals surface area contributed by atoms with Crippen molar-refractivity contribution >= 4 is 11.8 Å². The van der Waals surface area contributed by atoms with Crippen LogP contribution in [0.1, 0.15) is 26.3 Å². The van der Waals surface area contributed by atoms with Crippen molar-refractivity contribution in [1.29, 1.82) is 0 Å². The summed E-state index contributed by atoms with van der Waals surface area (Å²) in [5, 5.41) is 0. The lowest BCUT2D eigenvalue weighted by atomic mass is 10.1. The van der Waals surface area contributed by atoms with Crippen LogP contribution in [0, 0.1) is 6.92 Å². The highest BCUT2D eigenvalue weighted by Crippen LogP contribution is 2.27. The number of hydrogen-bond donors (Lipinski definition) is 2. The van der Waals surface area contributed by atoms with Crippen LogP contribution in [0.3, 0.4) is 0 Å². The third-order valence-electron chi connectivity index (χ3n) is 3.25. The highest BCUT2D eigenvalue weighted by molar-refractivity contribution is 5.99. The van der Waals surface area contributed by atoms with Crippen LogP contribution in [0.25, 0.3) is 0 Å². The molecule has 0 aromatic heterocycles. The molecule has 0 fully saturated rings. The zero-order chi connectivity index (χ0) is 16.8. The topological polar surface area (TPSA) is 76.7 Å². The Bertz CT molecular complexity index is 711. The highest BCUT2D eigenvalue weighted by atomic mass is 16.5. The van der Waals surface area contributed by atoms with Crippen LogP contribution in [-0.4, -0.2) is 26.0 Å². The van der Waals surface area contributed by atoms with Crippen molar-refractivity contribution in [1.82, 2.24) is 10.9 Å². The molecule has 0 aliphatic rings. The molecular weight excluding hydrogens is 296 g/mol. The van der Waals surface area contributed by atoms with E-state index in [0.29, 0.717) is 22.6 Å². The Labute approximate surface area is 134 Å². The molecule has 6 heteroatoms. The molecule has 120 valence electrons. The Morgan fingerprint density at radius 2 is 1.30 bits per heavy atom. The Balaban J connectivity index is 2.02. The van der Waals surface area contributed by atoms with Gasteiger partial charge in [0.1, 0.15) is 0 Å². The zero-order valence-corrected chi connectivity index (χ0v) is 13.2. The van der Waals surface area contributed by atoms with Crippen molar-refractivity contribution in [2.45, 2.75) is 6.92 Å². The molecular formula is C17H18N2O4. The molecule has 0 aliphatic carbocycles. The fourth-order valence-corrected chi connectivity index (χ4v) is 1.94. The van der Waals surface area contributed by atoms with Gasteiger partial charge in [-0.1, -0.05) is 17.7 Å². The number of carbonyl (C=O) groups is 2. The number of rotatable bonds is 4. The van der Waals surface area contributed by atoms with Crippen LogP contribution < -0.4 is 20.3 Å². The molecule has 0 atom stereocenters. The molecule has 6 nitrogen and oxygen atoms in total. The Morgan fingerprint density at radius 3 is 1.87 bits per heavy atom. The minimum atomic E-state index is -0.452. The first kappa shape index (κ1) is 16.4. The van der Waals surface area contributed by atoms with Crippen LogP contribution >= 0.6 is 0 Å². The second-order valence-electron chi connectivity index (χ2n) is 4.84. The van der Waals surface area contributed by atoms with E-state index < -0.39 is 5.91 Å². The summed E-state index contributed by atoms with van der Waals surface area (Å²) >= 11 is 0. The number of benzene rings is 2. The monoisotopic (exact) mass is 314 g/mol. The molecule has 0 saturated heterocycles. The third-order valence-corrected chi connectivity index (χ3v) is 3.25. The first-order chi connectivity index (χ1) is 11.0. The van der Waals surface area contributed by atoms with Crippen molar-refractivity contribution in [3.8, 4) is 11.5 Å². The van der Waals surface area contributed by atoms with Crippen LogP contribution in [-0.2, 0) is 0 Å². The van der Waals surface area contributed by atoms with E-state index in [1.807, 2.05) is 19.1 Å². The van der Waals surface area contributed by atoms with Gasteiger partial charge in [0.05, 0.1) is 14.2 Å². The number of methoxy groups -OCH3 is 2. The largest absolute Gasteiger partial charge is 0.493 e. The average Bonchev–Trinajstić information content (AvgIpc) is 2.59. The van der Waals surface area contributed by atoms with E-state index in [1.165, 1.54) is 20.3 Å². The van der Waals surface area contributed by atoms with E-state index in [1.54, 1.807) is 24.3 Å². The molecule has 2 amide bonds. The molecule has 0 radical (unpaired) electrons. The van der Waals surface area contributed by atoms with Crippen LogP contribution in [0.4, 0.5) is 0 Å². The molecule has 0 saturated carbocycles. The van der Waals surface area contributed by atoms with E-state index in [0.717, 1.165) is 5.56 Å². The highest BCUT2D eigenvalue weighted by Gasteiger charge is 2.12. The summed E-state index contributed by atoms with van der Waals surface area (Å²) in [6, 6.07) is 11.8. The second kappa shape index (κ2) is 7.31. The predicted octanol–water partition coefficient (Wildman–Crippen LogP) is 2.09. The Morgan fingerprint density at radius 1 is 0.783 bits per heavy atom. The lowest BCUT2D eigenvalue weighted by molar-refractivity contribution is 0.0846. The fourth-order valence-electron chi connectivity index (χ4n) is 1.94. The van der Waals surface area contributed by atoms with Crippen LogP contribution in [0.15, 0.2) is 42.5 Å². The second-order valence-corrected chi connectivity index (χ2v) is 4.84. The summed E-state index contributed by atoms with van der Waals surface area (Å²) in [6.07, 6.45) is 0. The first-order valence-electron chi connectivity index (χ1n) is 6.94. The number of amides is 2. The van der Waals surface area contributed by atoms with Crippen LogP contribution in [0.2, 0.25) is 0 Å². The molecule has 0 bridgehead atoms. The summed E-state index contributed by atoms with van der Waals surface area (Å²) in [4.78, 5) is 24.0. The smallest absolute Gasteiger partial charge is 0.269 e. The molecule has 23 heavy (non-hydrogen) atoms. The summed E-state index contributed by atoms with van der Waals surface area (Å²) in [5.41, 5.74) is 6.59. The molecule has 2 N–H and O–H groups in total. The number of carbonyl (C=O) groups excluding carboxylic acids is 2. The maximum atomic E-state index is 12.1. The maximum Gasteiger partial charge on any atom is 0.269 e. The van der Waals surface area contributed by atoms with Crippen molar-refractivity contribution in [2.24, 2.45) is 0 Å². The summed E-state index contributed by atoms with van der Waals surface area (Å²) in [6.45, 7) is 1.93. The lowest BCUT2D eigenvalue weighted by Gasteiger charge is -2.10. The standard InChI is InChI=1S/C17H18N2O4/c1-11-4-6-12(7-5-11)16(20)18-19-17(21)13-8-9-14(22-2)15(10-13)23-3/h4-10H,1-3H3,(H,18,20)(H,19,21). The molecule has 0 aliphatic heterocycles. The van der Waals surface area contributed by atoms with E-state index in [2.05, 4.69) is 10.9 Å². The maximum absolute atomic E-state index is 12.1. The van der Waals surface area contributed by atoms with Gasteiger partial charge in [-0.2, -0.15) is 0 Å². The minimum absolute atomic E-state index is 0.340. The zero-order valence-electron chi connectivity index (χ0n) is 13.2. The van der Waals surface area contributed by atoms with E-state index >= 15 is 0 Å². The number of nitrogens with one attached hydrogen (secondary N) is 2. The van der Waals surface area contributed by atoms with Gasteiger partial charge in [-0.3, -0.25) is 20.4 Å². The third kappa shape index (κ3) is 4.00. The van der Waals surface area contributed by atoms with E-state index in [4.69, 9.17) is 9.47 Å². The minimum Gasteiger partial charge on any atom is -0.493 e. The average molecular weight is 314 g/mol. The van der Waals surface area contributed by atoms with Gasteiger partial charge < -0.3 is 9.47 Å². The van der Waals surface area contributed by atoms with Crippen molar-refractivity contribution in [3.63, 3.8) is 0 Å². The fraction of sp³-hybridized carbons (Fsp3) is 0.176. The van der Waals surface area contributed by atoms with Gasteiger partial charge in [0.25, 0.3) is 11.8 Å². The first-order valence-corrected chi connectivity index (χ1v) is 6.94. The SMILES string of the molecule is COc1ccc(C(=O)NNC(=O)c2ccc(C)cc2)cc1OC. The molecule has 0 unspecified atom stereocenters. The molecule has 0 heterocycles. The van der Waals surface area contributed by atoms with Gasteiger partial charge in [-0.25, -0.2) is 0 Å². The van der Waals surface area contributed by atoms with Gasteiger partial charge in [0.15, 0.2) is 11.5 Å². The van der Waals surface area contributed by atoms with Crippen LogP contribution in [0.5, 0.6) is 11.5 Å². The summed E-state index contributed by atoms with van der Waals surface area (Å²) < 4.78 is 10.3. The summed E-state index contributed by atoms with van der Waals surface area (Å²) in [7, 11) is 3.00. The van der Waals surface area contributed by atoms with Gasteiger partial charge >= 0.3 is 0 Å². The predicted molar refractivity (Wildman–Crippen MR) is 85.7 cm³/mol. The van der Waals surface area contributed by atoms with Gasteiger partial charge in [0.2, 0.25) is 0 Å². The van der Waals surface area contributed by atoms with Crippen molar-refractivity contribution in [2.75, 3.05) is 14.2 Å². The van der Waals surface area contributed by atoms with Gasteiger partial charge in [-0.05, 0) is 37.3 Å².